The number of ether oxygens (including phenoxy) is 1. The van der Waals surface area contributed by atoms with Crippen molar-refractivity contribution < 1.29 is 9.84 Å². The van der Waals surface area contributed by atoms with Gasteiger partial charge in [-0.15, -0.1) is 11.6 Å². The quantitative estimate of drug-likeness (QED) is 0.403. The Bertz CT molecular complexity index is 370. The molecule has 0 aliphatic heterocycles. The first kappa shape index (κ1) is 19.1. The van der Waals surface area contributed by atoms with Gasteiger partial charge in [0.2, 0.25) is 0 Å². The van der Waals surface area contributed by atoms with Crippen molar-refractivity contribution in [3.63, 3.8) is 0 Å². The van der Waals surface area contributed by atoms with Crippen LogP contribution in [0.5, 0.6) is 5.75 Å². The molecule has 1 rings (SSSR count). The summed E-state index contributed by atoms with van der Waals surface area (Å²) in [4.78, 5) is 0. The number of unbranched alkanes of at least 4 members (excludes halogenated alkanes) is 6. The fraction of sp³-hybridized carbons (Fsp3) is 0.667. The fourth-order valence-corrected chi connectivity index (χ4v) is 2.32. The molecule has 1 aromatic rings. The van der Waals surface area contributed by atoms with Crippen LogP contribution >= 0.6 is 11.6 Å². The minimum atomic E-state index is -0.519. The summed E-state index contributed by atoms with van der Waals surface area (Å²) in [5.41, 5.74) is 0.965. The summed E-state index contributed by atoms with van der Waals surface area (Å²) in [6, 6.07) is 7.83. The summed E-state index contributed by atoms with van der Waals surface area (Å²) in [6.07, 6.45) is 8.54. The van der Waals surface area contributed by atoms with Crippen molar-refractivity contribution in [1.29, 1.82) is 0 Å². The summed E-state index contributed by atoms with van der Waals surface area (Å²) in [7, 11) is 0. The molecule has 0 fully saturated rings. The molecule has 1 unspecified atom stereocenters. The third-order valence-corrected chi connectivity index (χ3v) is 3.95. The molecule has 0 aliphatic rings. The highest BCUT2D eigenvalue weighted by Crippen LogP contribution is 2.16. The summed E-state index contributed by atoms with van der Waals surface area (Å²) < 4.78 is 5.74. The molecule has 126 valence electrons. The van der Waals surface area contributed by atoms with Crippen molar-refractivity contribution >= 4 is 17.3 Å². The lowest BCUT2D eigenvalue weighted by molar-refractivity contribution is 0.211. The van der Waals surface area contributed by atoms with Gasteiger partial charge in [0.15, 0.2) is 0 Å². The molecular formula is C18H30ClNO2. The molecule has 2 N–H and O–H groups in total. The standard InChI is InChI=1S/C18H30ClNO2/c1-2-3-4-5-6-7-8-13-22-18-11-9-16(10-12-18)20-15-17(21)14-19/h9-12,17,20-21H,2-8,13-15H2,1H3. The Morgan fingerprint density at radius 1 is 1.05 bits per heavy atom. The van der Waals surface area contributed by atoms with E-state index in [1.807, 2.05) is 24.3 Å². The summed E-state index contributed by atoms with van der Waals surface area (Å²) in [5, 5.41) is 12.5. The summed E-state index contributed by atoms with van der Waals surface area (Å²) >= 11 is 5.55. The molecular weight excluding hydrogens is 298 g/mol. The third kappa shape index (κ3) is 9.16. The first-order valence-corrected chi connectivity index (χ1v) is 9.00. The summed E-state index contributed by atoms with van der Waals surface area (Å²) in [5.74, 6) is 1.14. The monoisotopic (exact) mass is 327 g/mol. The van der Waals surface area contributed by atoms with Crippen LogP contribution < -0.4 is 10.1 Å². The van der Waals surface area contributed by atoms with Crippen LogP contribution in [-0.4, -0.2) is 30.2 Å². The van der Waals surface area contributed by atoms with Gasteiger partial charge in [0.25, 0.3) is 0 Å². The molecule has 0 bridgehead atoms. The highest BCUT2D eigenvalue weighted by molar-refractivity contribution is 6.18. The molecule has 0 spiro atoms. The molecule has 0 saturated carbocycles. The fourth-order valence-electron chi connectivity index (χ4n) is 2.21. The smallest absolute Gasteiger partial charge is 0.119 e. The van der Waals surface area contributed by atoms with Gasteiger partial charge >= 0.3 is 0 Å². The Kier molecular flexibility index (Phi) is 10.9. The second kappa shape index (κ2) is 12.6. The van der Waals surface area contributed by atoms with Crippen LogP contribution in [0, 0.1) is 0 Å². The number of aliphatic hydroxyl groups excluding tert-OH is 1. The van der Waals surface area contributed by atoms with E-state index in [9.17, 15) is 5.11 Å². The van der Waals surface area contributed by atoms with Gasteiger partial charge in [-0.25, -0.2) is 0 Å². The Balaban J connectivity index is 2.09. The molecule has 0 saturated heterocycles. The number of halogens is 1. The average Bonchev–Trinajstić information content (AvgIpc) is 2.56. The number of aliphatic hydroxyl groups is 1. The van der Waals surface area contributed by atoms with Crippen molar-refractivity contribution in [2.45, 2.75) is 58.0 Å². The maximum atomic E-state index is 9.39. The molecule has 0 radical (unpaired) electrons. The van der Waals surface area contributed by atoms with Crippen LogP contribution in [0.1, 0.15) is 51.9 Å². The van der Waals surface area contributed by atoms with Crippen molar-refractivity contribution in [3.05, 3.63) is 24.3 Å². The lowest BCUT2D eigenvalue weighted by Crippen LogP contribution is -2.20. The van der Waals surface area contributed by atoms with Crippen LogP contribution in [0.2, 0.25) is 0 Å². The maximum absolute atomic E-state index is 9.39. The zero-order valence-electron chi connectivity index (χ0n) is 13.7. The molecule has 0 heterocycles. The highest BCUT2D eigenvalue weighted by atomic mass is 35.5. The number of hydrogen-bond donors (Lipinski definition) is 2. The van der Waals surface area contributed by atoms with E-state index in [4.69, 9.17) is 16.3 Å². The topological polar surface area (TPSA) is 41.5 Å². The second-order valence-electron chi connectivity index (χ2n) is 5.68. The van der Waals surface area contributed by atoms with Gasteiger partial charge in [0.1, 0.15) is 5.75 Å². The van der Waals surface area contributed by atoms with E-state index in [-0.39, 0.29) is 5.88 Å². The molecule has 0 aromatic heterocycles. The molecule has 1 atom stereocenters. The Labute approximate surface area is 140 Å². The van der Waals surface area contributed by atoms with Gasteiger partial charge in [-0.05, 0) is 30.7 Å². The zero-order valence-corrected chi connectivity index (χ0v) is 14.4. The molecule has 0 aliphatic carbocycles. The van der Waals surface area contributed by atoms with Gasteiger partial charge in [-0.3, -0.25) is 0 Å². The highest BCUT2D eigenvalue weighted by Gasteiger charge is 2.01. The SMILES string of the molecule is CCCCCCCCCOc1ccc(NCC(O)CCl)cc1. The minimum Gasteiger partial charge on any atom is -0.494 e. The van der Waals surface area contributed by atoms with Gasteiger partial charge in [0.05, 0.1) is 18.6 Å². The molecule has 0 amide bonds. The molecule has 1 aromatic carbocycles. The molecule has 22 heavy (non-hydrogen) atoms. The van der Waals surface area contributed by atoms with E-state index in [0.29, 0.717) is 6.54 Å². The number of benzene rings is 1. The third-order valence-electron chi connectivity index (χ3n) is 3.59. The van der Waals surface area contributed by atoms with Crippen LogP contribution in [0.25, 0.3) is 0 Å². The largest absolute Gasteiger partial charge is 0.494 e. The van der Waals surface area contributed by atoms with Crippen LogP contribution in [0.15, 0.2) is 24.3 Å². The van der Waals surface area contributed by atoms with E-state index in [1.54, 1.807) is 0 Å². The van der Waals surface area contributed by atoms with E-state index in [2.05, 4.69) is 12.2 Å². The Morgan fingerprint density at radius 2 is 1.68 bits per heavy atom. The lowest BCUT2D eigenvalue weighted by atomic mass is 10.1. The maximum Gasteiger partial charge on any atom is 0.119 e. The average molecular weight is 328 g/mol. The Hall–Kier alpha value is -0.930. The predicted octanol–water partition coefficient (Wildman–Crippen LogP) is 4.83. The summed E-state index contributed by atoms with van der Waals surface area (Å²) in [6.45, 7) is 3.49. The van der Waals surface area contributed by atoms with Gasteiger partial charge in [-0.1, -0.05) is 45.4 Å². The van der Waals surface area contributed by atoms with Crippen LogP contribution in [0.3, 0.4) is 0 Å². The van der Waals surface area contributed by atoms with E-state index in [0.717, 1.165) is 24.5 Å². The predicted molar refractivity (Wildman–Crippen MR) is 95.1 cm³/mol. The number of rotatable bonds is 13. The zero-order chi connectivity index (χ0) is 16.0. The number of anilines is 1. The van der Waals surface area contributed by atoms with Crippen molar-refractivity contribution in [2.24, 2.45) is 0 Å². The lowest BCUT2D eigenvalue weighted by Gasteiger charge is -2.11. The number of alkyl halides is 1. The minimum absolute atomic E-state index is 0.243. The second-order valence-corrected chi connectivity index (χ2v) is 5.99. The molecule has 3 nitrogen and oxygen atoms in total. The van der Waals surface area contributed by atoms with Crippen molar-refractivity contribution in [3.8, 4) is 5.75 Å². The van der Waals surface area contributed by atoms with Crippen LogP contribution in [0.4, 0.5) is 5.69 Å². The normalized spacial score (nSPS) is 12.1. The van der Waals surface area contributed by atoms with Gasteiger partial charge < -0.3 is 15.2 Å². The van der Waals surface area contributed by atoms with Gasteiger partial charge in [-0.2, -0.15) is 0 Å². The van der Waals surface area contributed by atoms with Crippen molar-refractivity contribution in [2.75, 3.05) is 24.3 Å². The number of hydrogen-bond acceptors (Lipinski definition) is 3. The number of nitrogens with one attached hydrogen (secondary N) is 1. The van der Waals surface area contributed by atoms with E-state index < -0.39 is 6.10 Å². The first-order chi connectivity index (χ1) is 10.8. The van der Waals surface area contributed by atoms with Crippen LogP contribution in [-0.2, 0) is 0 Å². The van der Waals surface area contributed by atoms with E-state index in [1.165, 1.54) is 38.5 Å². The molecule has 4 heteroatoms. The van der Waals surface area contributed by atoms with E-state index >= 15 is 0 Å². The first-order valence-electron chi connectivity index (χ1n) is 8.47. The Morgan fingerprint density at radius 3 is 2.32 bits per heavy atom. The van der Waals surface area contributed by atoms with Gasteiger partial charge in [0, 0.05) is 12.2 Å². The van der Waals surface area contributed by atoms with Crippen molar-refractivity contribution in [1.82, 2.24) is 0 Å².